The summed E-state index contributed by atoms with van der Waals surface area (Å²) in [6.45, 7) is 1.45. The molecule has 1 saturated heterocycles. The third kappa shape index (κ3) is 4.00. The minimum atomic E-state index is 0.0591. The van der Waals surface area contributed by atoms with E-state index in [9.17, 15) is 4.79 Å². The summed E-state index contributed by atoms with van der Waals surface area (Å²) in [5.41, 5.74) is 1.28. The second-order valence-corrected chi connectivity index (χ2v) is 6.77. The highest BCUT2D eigenvalue weighted by Crippen LogP contribution is 2.24. The summed E-state index contributed by atoms with van der Waals surface area (Å²) < 4.78 is 10.5. The zero-order valence-electron chi connectivity index (χ0n) is 15.6. The van der Waals surface area contributed by atoms with Gasteiger partial charge in [0, 0.05) is 37.5 Å². The van der Waals surface area contributed by atoms with Crippen molar-refractivity contribution in [2.45, 2.75) is 19.3 Å². The molecule has 8 heteroatoms. The van der Waals surface area contributed by atoms with Gasteiger partial charge in [-0.2, -0.15) is 4.98 Å². The van der Waals surface area contributed by atoms with Crippen LogP contribution in [0.4, 0.5) is 0 Å². The Labute approximate surface area is 162 Å². The van der Waals surface area contributed by atoms with Gasteiger partial charge in [0.2, 0.25) is 11.7 Å². The highest BCUT2D eigenvalue weighted by molar-refractivity contribution is 5.94. The van der Waals surface area contributed by atoms with Crippen LogP contribution in [-0.4, -0.2) is 51.1 Å². The van der Waals surface area contributed by atoms with E-state index in [2.05, 4.69) is 20.1 Å². The Morgan fingerprint density at radius 2 is 2.00 bits per heavy atom. The number of amides is 1. The summed E-state index contributed by atoms with van der Waals surface area (Å²) in [6, 6.07) is 7.23. The van der Waals surface area contributed by atoms with Gasteiger partial charge in [0.25, 0.3) is 5.91 Å². The number of methoxy groups -OCH3 is 1. The van der Waals surface area contributed by atoms with E-state index in [1.54, 1.807) is 37.8 Å². The van der Waals surface area contributed by atoms with Crippen LogP contribution in [0.2, 0.25) is 0 Å². The monoisotopic (exact) mass is 379 g/mol. The predicted octanol–water partition coefficient (Wildman–Crippen LogP) is 2.63. The largest absolute Gasteiger partial charge is 0.497 e. The number of ether oxygens (including phenoxy) is 1. The van der Waals surface area contributed by atoms with Crippen molar-refractivity contribution in [1.82, 2.24) is 25.0 Å². The second-order valence-electron chi connectivity index (χ2n) is 6.77. The van der Waals surface area contributed by atoms with Gasteiger partial charge in [-0.25, -0.2) is 4.98 Å². The first-order valence-corrected chi connectivity index (χ1v) is 9.25. The van der Waals surface area contributed by atoms with Crippen molar-refractivity contribution in [2.75, 3.05) is 20.2 Å². The number of rotatable bonds is 5. The highest BCUT2D eigenvalue weighted by Gasteiger charge is 2.25. The van der Waals surface area contributed by atoms with Crippen molar-refractivity contribution >= 4 is 5.91 Å². The molecule has 0 atom stereocenters. The summed E-state index contributed by atoms with van der Waals surface area (Å²) >= 11 is 0. The molecule has 1 aliphatic heterocycles. The maximum atomic E-state index is 12.7. The van der Waals surface area contributed by atoms with E-state index in [0.29, 0.717) is 35.3 Å². The lowest BCUT2D eigenvalue weighted by atomic mass is 9.93. The Morgan fingerprint density at radius 1 is 1.21 bits per heavy atom. The molecule has 1 aromatic carbocycles. The molecule has 0 aliphatic carbocycles. The third-order valence-electron chi connectivity index (χ3n) is 4.96. The van der Waals surface area contributed by atoms with Crippen LogP contribution in [-0.2, 0) is 6.42 Å². The molecule has 0 N–H and O–H groups in total. The van der Waals surface area contributed by atoms with E-state index in [1.807, 2.05) is 17.0 Å². The number of carbonyl (C=O) groups is 1. The minimum absolute atomic E-state index is 0.0591. The fraction of sp³-hybridized carbons (Fsp3) is 0.350. The first kappa shape index (κ1) is 18.1. The number of benzene rings is 1. The van der Waals surface area contributed by atoms with Gasteiger partial charge in [-0.1, -0.05) is 5.16 Å². The molecule has 1 fully saturated rings. The molecule has 28 heavy (non-hydrogen) atoms. The molecule has 0 bridgehead atoms. The first-order chi connectivity index (χ1) is 13.7. The lowest BCUT2D eigenvalue weighted by Crippen LogP contribution is -2.38. The highest BCUT2D eigenvalue weighted by atomic mass is 16.5. The Hall–Kier alpha value is -3.29. The molecule has 2 aromatic heterocycles. The average Bonchev–Trinajstić information content (AvgIpc) is 3.23. The van der Waals surface area contributed by atoms with Crippen LogP contribution in [0.5, 0.6) is 5.75 Å². The van der Waals surface area contributed by atoms with E-state index in [1.165, 1.54) is 0 Å². The molecule has 0 radical (unpaired) electrons. The lowest BCUT2D eigenvalue weighted by Gasteiger charge is -2.31. The molecule has 8 nitrogen and oxygen atoms in total. The Bertz CT molecular complexity index is 919. The molecular formula is C20H21N5O3. The summed E-state index contributed by atoms with van der Waals surface area (Å²) in [6.07, 6.45) is 7.33. The smallest absolute Gasteiger partial charge is 0.253 e. The molecule has 3 aromatic rings. The maximum absolute atomic E-state index is 12.7. The topological polar surface area (TPSA) is 94.2 Å². The van der Waals surface area contributed by atoms with Crippen LogP contribution in [0, 0.1) is 5.92 Å². The molecule has 4 rings (SSSR count). The van der Waals surface area contributed by atoms with Crippen molar-refractivity contribution in [1.29, 1.82) is 0 Å². The fourth-order valence-electron chi connectivity index (χ4n) is 3.36. The zero-order valence-corrected chi connectivity index (χ0v) is 15.6. The zero-order chi connectivity index (χ0) is 19.3. The van der Waals surface area contributed by atoms with E-state index < -0.39 is 0 Å². The number of carbonyl (C=O) groups excluding carboxylic acids is 1. The fourth-order valence-corrected chi connectivity index (χ4v) is 3.36. The summed E-state index contributed by atoms with van der Waals surface area (Å²) in [7, 11) is 1.61. The standard InChI is InChI=1S/C20H21N5O3/c1-27-16-4-2-15(3-5-16)20(26)25-10-6-14(7-11-25)12-18-23-19(24-28-18)17-13-21-8-9-22-17/h2-5,8-9,13-14H,6-7,10-12H2,1H3. The molecule has 3 heterocycles. The maximum Gasteiger partial charge on any atom is 0.253 e. The van der Waals surface area contributed by atoms with E-state index in [4.69, 9.17) is 9.26 Å². The Kier molecular flexibility index (Phi) is 5.27. The minimum Gasteiger partial charge on any atom is -0.497 e. The number of hydrogen-bond donors (Lipinski definition) is 0. The van der Waals surface area contributed by atoms with Crippen LogP contribution < -0.4 is 4.74 Å². The summed E-state index contributed by atoms with van der Waals surface area (Å²) in [4.78, 5) is 27.2. The Morgan fingerprint density at radius 3 is 2.68 bits per heavy atom. The number of piperidine rings is 1. The van der Waals surface area contributed by atoms with E-state index >= 15 is 0 Å². The molecule has 0 spiro atoms. The van der Waals surface area contributed by atoms with Crippen LogP contribution >= 0.6 is 0 Å². The van der Waals surface area contributed by atoms with Crippen molar-refractivity contribution < 1.29 is 14.1 Å². The molecule has 0 saturated carbocycles. The number of aromatic nitrogens is 4. The van der Waals surface area contributed by atoms with Crippen LogP contribution in [0.15, 0.2) is 47.4 Å². The quantitative estimate of drug-likeness (QED) is 0.672. The third-order valence-corrected chi connectivity index (χ3v) is 4.96. The molecule has 1 aliphatic rings. The van der Waals surface area contributed by atoms with Gasteiger partial charge in [0.05, 0.1) is 13.3 Å². The Balaban J connectivity index is 1.32. The summed E-state index contributed by atoms with van der Waals surface area (Å²) in [5.74, 6) is 2.27. The van der Waals surface area contributed by atoms with Crippen molar-refractivity contribution in [3.63, 3.8) is 0 Å². The number of likely N-dealkylation sites (tertiary alicyclic amines) is 1. The van der Waals surface area contributed by atoms with Crippen molar-refractivity contribution in [3.8, 4) is 17.3 Å². The van der Waals surface area contributed by atoms with Crippen molar-refractivity contribution in [2.24, 2.45) is 5.92 Å². The van der Waals surface area contributed by atoms with Gasteiger partial charge in [0.15, 0.2) is 0 Å². The van der Waals surface area contributed by atoms with Crippen LogP contribution in [0.3, 0.4) is 0 Å². The van der Waals surface area contributed by atoms with Gasteiger partial charge >= 0.3 is 0 Å². The van der Waals surface area contributed by atoms with Gasteiger partial charge in [-0.3, -0.25) is 9.78 Å². The SMILES string of the molecule is COc1ccc(C(=O)N2CCC(Cc3nc(-c4cnccn4)no3)CC2)cc1. The molecule has 144 valence electrons. The first-order valence-electron chi connectivity index (χ1n) is 9.25. The van der Waals surface area contributed by atoms with Gasteiger partial charge < -0.3 is 14.2 Å². The van der Waals surface area contributed by atoms with E-state index in [0.717, 1.165) is 31.7 Å². The predicted molar refractivity (Wildman–Crippen MR) is 101 cm³/mol. The van der Waals surface area contributed by atoms with Crippen molar-refractivity contribution in [3.05, 3.63) is 54.3 Å². The van der Waals surface area contributed by atoms with Gasteiger partial charge in [-0.15, -0.1) is 0 Å². The van der Waals surface area contributed by atoms with E-state index in [-0.39, 0.29) is 5.91 Å². The van der Waals surface area contributed by atoms with Crippen LogP contribution in [0.1, 0.15) is 29.1 Å². The van der Waals surface area contributed by atoms with Gasteiger partial charge in [-0.05, 0) is 43.0 Å². The van der Waals surface area contributed by atoms with Crippen LogP contribution in [0.25, 0.3) is 11.5 Å². The second kappa shape index (κ2) is 8.16. The lowest BCUT2D eigenvalue weighted by molar-refractivity contribution is 0.0687. The average molecular weight is 379 g/mol. The summed E-state index contributed by atoms with van der Waals surface area (Å²) in [5, 5.41) is 3.99. The van der Waals surface area contributed by atoms with Gasteiger partial charge in [0.1, 0.15) is 11.4 Å². The number of hydrogen-bond acceptors (Lipinski definition) is 7. The molecular weight excluding hydrogens is 358 g/mol. The molecule has 1 amide bonds. The molecule has 0 unspecified atom stereocenters. The normalized spacial score (nSPS) is 14.8. The number of nitrogens with zero attached hydrogens (tertiary/aromatic N) is 5.